The molecule has 1 aliphatic rings. The van der Waals surface area contributed by atoms with Crippen LogP contribution in [0.1, 0.15) is 30.4 Å². The Morgan fingerprint density at radius 1 is 1.60 bits per heavy atom. The Bertz CT molecular complexity index is 229. The van der Waals surface area contributed by atoms with Gasteiger partial charge in [0.25, 0.3) is 0 Å². The summed E-state index contributed by atoms with van der Waals surface area (Å²) in [6.45, 7) is -0.0419. The number of hydrogen-bond donors (Lipinski definition) is 2. The first-order valence-corrected chi connectivity index (χ1v) is 3.42. The molecule has 1 aromatic rings. The highest BCUT2D eigenvalue weighted by Crippen LogP contribution is 2.37. The summed E-state index contributed by atoms with van der Waals surface area (Å²) in [5.41, 5.74) is 0. The van der Waals surface area contributed by atoms with E-state index in [9.17, 15) is 0 Å². The molecule has 0 radical (unpaired) electrons. The fourth-order valence-electron chi connectivity index (χ4n) is 0.905. The Kier molecular flexibility index (Phi) is 1.20. The third-order valence-corrected chi connectivity index (χ3v) is 1.64. The average molecular weight is 139 g/mol. The number of nitrogens with zero attached hydrogens (tertiary/aromatic N) is 2. The first kappa shape index (κ1) is 5.85. The van der Waals surface area contributed by atoms with Gasteiger partial charge in [0, 0.05) is 5.92 Å². The molecule has 1 heterocycles. The molecule has 0 bridgehead atoms. The van der Waals surface area contributed by atoms with Crippen molar-refractivity contribution in [3.05, 3.63) is 11.6 Å². The van der Waals surface area contributed by atoms with Gasteiger partial charge < -0.3 is 5.11 Å². The molecule has 54 valence electrons. The Hall–Kier alpha value is -0.900. The monoisotopic (exact) mass is 139 g/mol. The topological polar surface area (TPSA) is 61.8 Å². The maximum absolute atomic E-state index is 8.62. The molecule has 1 saturated carbocycles. The molecule has 2 rings (SSSR count). The second kappa shape index (κ2) is 2.05. The van der Waals surface area contributed by atoms with E-state index in [1.807, 2.05) is 0 Å². The van der Waals surface area contributed by atoms with Crippen LogP contribution in [0, 0.1) is 0 Å². The highest BCUT2D eigenvalue weighted by molar-refractivity contribution is 5.04. The molecule has 10 heavy (non-hydrogen) atoms. The maximum atomic E-state index is 8.62. The predicted octanol–water partition coefficient (Wildman–Crippen LogP) is 0.174. The fourth-order valence-corrected chi connectivity index (χ4v) is 0.905. The van der Waals surface area contributed by atoms with E-state index in [1.165, 1.54) is 12.8 Å². The van der Waals surface area contributed by atoms with E-state index in [1.54, 1.807) is 0 Å². The van der Waals surface area contributed by atoms with Gasteiger partial charge >= 0.3 is 0 Å². The van der Waals surface area contributed by atoms with Gasteiger partial charge in [0.2, 0.25) is 0 Å². The van der Waals surface area contributed by atoms with Crippen LogP contribution in [0.2, 0.25) is 0 Å². The van der Waals surface area contributed by atoms with E-state index in [2.05, 4.69) is 15.2 Å². The van der Waals surface area contributed by atoms with Crippen LogP contribution in [-0.2, 0) is 6.61 Å². The molecule has 2 N–H and O–H groups in total. The van der Waals surface area contributed by atoms with Crippen LogP contribution in [-0.4, -0.2) is 20.3 Å². The molecule has 0 saturated heterocycles. The number of aromatic amines is 1. The molecule has 0 spiro atoms. The van der Waals surface area contributed by atoms with Crippen LogP contribution in [0.15, 0.2) is 0 Å². The number of aliphatic hydroxyl groups excluding tert-OH is 1. The zero-order valence-corrected chi connectivity index (χ0v) is 5.54. The molecular formula is C6H9N3O. The quantitative estimate of drug-likeness (QED) is 0.614. The van der Waals surface area contributed by atoms with Crippen LogP contribution in [0.3, 0.4) is 0 Å². The number of aromatic nitrogens is 3. The summed E-state index contributed by atoms with van der Waals surface area (Å²) < 4.78 is 0. The SMILES string of the molecule is OCc1nc(C2CC2)n[nH]1. The maximum Gasteiger partial charge on any atom is 0.153 e. The third-order valence-electron chi connectivity index (χ3n) is 1.64. The first-order valence-electron chi connectivity index (χ1n) is 3.42. The highest BCUT2D eigenvalue weighted by atomic mass is 16.3. The first-order chi connectivity index (χ1) is 4.90. The van der Waals surface area contributed by atoms with Gasteiger partial charge in [-0.1, -0.05) is 0 Å². The summed E-state index contributed by atoms with van der Waals surface area (Å²) >= 11 is 0. The van der Waals surface area contributed by atoms with E-state index >= 15 is 0 Å². The minimum Gasteiger partial charge on any atom is -0.388 e. The van der Waals surface area contributed by atoms with Gasteiger partial charge in [-0.25, -0.2) is 4.98 Å². The van der Waals surface area contributed by atoms with Crippen molar-refractivity contribution in [1.82, 2.24) is 15.2 Å². The molecule has 1 fully saturated rings. The van der Waals surface area contributed by atoms with Gasteiger partial charge in [-0.15, -0.1) is 0 Å². The zero-order valence-electron chi connectivity index (χ0n) is 5.54. The van der Waals surface area contributed by atoms with Crippen LogP contribution in [0.4, 0.5) is 0 Å². The van der Waals surface area contributed by atoms with Crippen LogP contribution >= 0.6 is 0 Å². The minimum atomic E-state index is -0.0419. The van der Waals surface area contributed by atoms with Crippen molar-refractivity contribution in [2.75, 3.05) is 0 Å². The van der Waals surface area contributed by atoms with E-state index in [0.717, 1.165) is 5.82 Å². The molecule has 0 aliphatic heterocycles. The van der Waals surface area contributed by atoms with Gasteiger partial charge in [-0.3, -0.25) is 5.10 Å². The Balaban J connectivity index is 2.19. The molecule has 1 aliphatic carbocycles. The van der Waals surface area contributed by atoms with Gasteiger partial charge in [0.15, 0.2) is 5.82 Å². The summed E-state index contributed by atoms with van der Waals surface area (Å²) in [7, 11) is 0. The van der Waals surface area contributed by atoms with Crippen molar-refractivity contribution in [2.45, 2.75) is 25.4 Å². The molecular weight excluding hydrogens is 130 g/mol. The lowest BCUT2D eigenvalue weighted by molar-refractivity contribution is 0.271. The summed E-state index contributed by atoms with van der Waals surface area (Å²) in [6.07, 6.45) is 2.39. The second-order valence-electron chi connectivity index (χ2n) is 2.57. The summed E-state index contributed by atoms with van der Waals surface area (Å²) in [5.74, 6) is 2.00. The van der Waals surface area contributed by atoms with E-state index in [-0.39, 0.29) is 6.61 Å². The van der Waals surface area contributed by atoms with E-state index < -0.39 is 0 Å². The molecule has 0 aromatic carbocycles. The largest absolute Gasteiger partial charge is 0.388 e. The van der Waals surface area contributed by atoms with Gasteiger partial charge in [0.1, 0.15) is 12.4 Å². The van der Waals surface area contributed by atoms with Crippen LogP contribution in [0.5, 0.6) is 0 Å². The van der Waals surface area contributed by atoms with Crippen LogP contribution < -0.4 is 0 Å². The predicted molar refractivity (Wildman–Crippen MR) is 34.3 cm³/mol. The van der Waals surface area contributed by atoms with Crippen molar-refractivity contribution in [3.8, 4) is 0 Å². The van der Waals surface area contributed by atoms with Crippen molar-refractivity contribution < 1.29 is 5.11 Å². The summed E-state index contributed by atoms with van der Waals surface area (Å²) in [5, 5.41) is 15.2. The van der Waals surface area contributed by atoms with Gasteiger partial charge in [-0.05, 0) is 12.8 Å². The minimum absolute atomic E-state index is 0.0419. The van der Waals surface area contributed by atoms with E-state index in [4.69, 9.17) is 5.11 Å². The zero-order chi connectivity index (χ0) is 6.97. The standard InChI is InChI=1S/C6H9N3O/c10-3-5-7-6(9-8-5)4-1-2-4/h4,10H,1-3H2,(H,7,8,9). The molecule has 4 nitrogen and oxygen atoms in total. The van der Waals surface area contributed by atoms with Crippen molar-refractivity contribution in [3.63, 3.8) is 0 Å². The van der Waals surface area contributed by atoms with Gasteiger partial charge in [-0.2, -0.15) is 5.10 Å². The molecule has 1 aromatic heterocycles. The number of rotatable bonds is 2. The lowest BCUT2D eigenvalue weighted by Gasteiger charge is -1.82. The fraction of sp³-hybridized carbons (Fsp3) is 0.667. The Morgan fingerprint density at radius 2 is 2.40 bits per heavy atom. The molecule has 0 amide bonds. The Morgan fingerprint density at radius 3 is 2.90 bits per heavy atom. The van der Waals surface area contributed by atoms with Crippen LogP contribution in [0.25, 0.3) is 0 Å². The van der Waals surface area contributed by atoms with Crippen molar-refractivity contribution in [1.29, 1.82) is 0 Å². The molecule has 4 heteroatoms. The average Bonchev–Trinajstić information content (AvgIpc) is 2.70. The lowest BCUT2D eigenvalue weighted by Crippen LogP contribution is -1.85. The number of H-pyrrole nitrogens is 1. The second-order valence-corrected chi connectivity index (χ2v) is 2.57. The highest BCUT2D eigenvalue weighted by Gasteiger charge is 2.27. The summed E-state index contributed by atoms with van der Waals surface area (Å²) in [6, 6.07) is 0. The van der Waals surface area contributed by atoms with Crippen molar-refractivity contribution in [2.24, 2.45) is 0 Å². The summed E-state index contributed by atoms with van der Waals surface area (Å²) in [4.78, 5) is 4.07. The molecule has 0 atom stereocenters. The normalized spacial score (nSPS) is 17.7. The van der Waals surface area contributed by atoms with Gasteiger partial charge in [0.05, 0.1) is 0 Å². The smallest absolute Gasteiger partial charge is 0.153 e. The lowest BCUT2D eigenvalue weighted by atomic mass is 10.4. The van der Waals surface area contributed by atoms with E-state index in [0.29, 0.717) is 11.7 Å². The number of aliphatic hydroxyl groups is 1. The van der Waals surface area contributed by atoms with Crippen molar-refractivity contribution >= 4 is 0 Å². The Labute approximate surface area is 58.3 Å². The molecule has 0 unspecified atom stereocenters. The third kappa shape index (κ3) is 0.903. The number of hydrogen-bond acceptors (Lipinski definition) is 3. The number of nitrogens with one attached hydrogen (secondary N) is 1.